The molecule has 1 atom stereocenters. The van der Waals surface area contributed by atoms with E-state index < -0.39 is 0 Å². The number of nitrogens with zero attached hydrogens (tertiary/aromatic N) is 1. The van der Waals surface area contributed by atoms with E-state index in [2.05, 4.69) is 15.3 Å². The fraction of sp³-hybridized carbons (Fsp3) is 0.353. The van der Waals surface area contributed by atoms with Gasteiger partial charge in [0.2, 0.25) is 11.8 Å². The van der Waals surface area contributed by atoms with Gasteiger partial charge in [-0.3, -0.25) is 9.59 Å². The number of thioether (sulfide) groups is 1. The molecule has 1 unspecified atom stereocenters. The third kappa shape index (κ3) is 4.76. The first-order valence-electron chi connectivity index (χ1n) is 7.85. The molecule has 2 aromatic rings. The molecule has 0 aliphatic carbocycles. The van der Waals surface area contributed by atoms with Gasteiger partial charge >= 0.3 is 0 Å². The third-order valence-corrected chi connectivity index (χ3v) is 4.61. The number of hydrogen-bond donors (Lipinski definition) is 3. The van der Waals surface area contributed by atoms with Gasteiger partial charge in [0.25, 0.3) is 5.56 Å². The summed E-state index contributed by atoms with van der Waals surface area (Å²) in [6.45, 7) is 3.77. The van der Waals surface area contributed by atoms with Crippen LogP contribution in [0.2, 0.25) is 0 Å². The second-order valence-corrected chi connectivity index (χ2v) is 6.42. The molecular weight excluding hydrogens is 342 g/mol. The number of aromatic amines is 1. The van der Waals surface area contributed by atoms with Crippen LogP contribution in [0.25, 0.3) is 0 Å². The number of rotatable bonds is 7. The molecule has 0 spiro atoms. The standard InChI is InChI=1S/C17H21N3O4S/c1-4-10(2)14-15(22)19-17(20-16(14)23)25-9-13(21)18-11-7-5-6-8-12(11)24-3/h5-8,10H,4,9H2,1-3H3,(H,18,21)(H2,19,20,22,23). The molecule has 8 heteroatoms. The summed E-state index contributed by atoms with van der Waals surface area (Å²) in [6.07, 6.45) is 0.714. The van der Waals surface area contributed by atoms with Gasteiger partial charge in [-0.05, 0) is 24.5 Å². The minimum absolute atomic E-state index is 0.0309. The fourth-order valence-electron chi connectivity index (χ4n) is 2.24. The van der Waals surface area contributed by atoms with Gasteiger partial charge < -0.3 is 20.1 Å². The maximum absolute atomic E-state index is 12.1. The van der Waals surface area contributed by atoms with E-state index in [-0.39, 0.29) is 39.7 Å². The van der Waals surface area contributed by atoms with Crippen molar-refractivity contribution < 1.29 is 14.6 Å². The summed E-state index contributed by atoms with van der Waals surface area (Å²) in [7, 11) is 1.52. The highest BCUT2D eigenvalue weighted by Crippen LogP contribution is 2.25. The normalized spacial score (nSPS) is 11.8. The molecule has 134 valence electrons. The lowest BCUT2D eigenvalue weighted by Crippen LogP contribution is -2.18. The number of carbonyl (C=O) groups excluding carboxylic acids is 1. The number of para-hydroxylation sites is 2. The minimum atomic E-state index is -0.380. The number of aromatic hydroxyl groups is 1. The number of aromatic nitrogens is 2. The molecule has 0 saturated carbocycles. The van der Waals surface area contributed by atoms with Crippen LogP contribution in [0.1, 0.15) is 31.7 Å². The number of anilines is 1. The van der Waals surface area contributed by atoms with Gasteiger partial charge in [0.05, 0.1) is 24.1 Å². The van der Waals surface area contributed by atoms with Crippen molar-refractivity contribution in [2.75, 3.05) is 18.2 Å². The van der Waals surface area contributed by atoms with E-state index in [1.54, 1.807) is 24.3 Å². The lowest BCUT2D eigenvalue weighted by atomic mass is 10.0. The van der Waals surface area contributed by atoms with Crippen molar-refractivity contribution in [2.24, 2.45) is 0 Å². The summed E-state index contributed by atoms with van der Waals surface area (Å²) in [5, 5.41) is 12.9. The summed E-state index contributed by atoms with van der Waals surface area (Å²) < 4.78 is 5.17. The number of hydrogen-bond acceptors (Lipinski definition) is 6. The van der Waals surface area contributed by atoms with E-state index in [1.165, 1.54) is 7.11 Å². The molecule has 0 aliphatic heterocycles. The zero-order chi connectivity index (χ0) is 18.4. The summed E-state index contributed by atoms with van der Waals surface area (Å²) in [4.78, 5) is 30.7. The van der Waals surface area contributed by atoms with Crippen molar-refractivity contribution in [3.05, 3.63) is 40.2 Å². The van der Waals surface area contributed by atoms with Gasteiger partial charge in [0, 0.05) is 0 Å². The van der Waals surface area contributed by atoms with E-state index >= 15 is 0 Å². The first-order valence-corrected chi connectivity index (χ1v) is 8.83. The smallest absolute Gasteiger partial charge is 0.258 e. The molecule has 2 rings (SSSR count). The summed E-state index contributed by atoms with van der Waals surface area (Å²) in [5.74, 6) is -0.0659. The Balaban J connectivity index is 2.04. The average Bonchev–Trinajstić information content (AvgIpc) is 2.59. The zero-order valence-electron chi connectivity index (χ0n) is 14.3. The van der Waals surface area contributed by atoms with Gasteiger partial charge in [-0.15, -0.1) is 0 Å². The second-order valence-electron chi connectivity index (χ2n) is 5.45. The summed E-state index contributed by atoms with van der Waals surface area (Å²) >= 11 is 1.04. The molecule has 1 aromatic heterocycles. The van der Waals surface area contributed by atoms with E-state index in [9.17, 15) is 14.7 Å². The molecule has 3 N–H and O–H groups in total. The minimum Gasteiger partial charge on any atom is -0.495 e. The molecule has 1 aromatic carbocycles. The van der Waals surface area contributed by atoms with Crippen molar-refractivity contribution in [1.29, 1.82) is 0 Å². The van der Waals surface area contributed by atoms with Crippen LogP contribution in [0.5, 0.6) is 11.6 Å². The van der Waals surface area contributed by atoms with Crippen LogP contribution in [0.3, 0.4) is 0 Å². The quantitative estimate of drug-likeness (QED) is 0.516. The first-order chi connectivity index (χ1) is 12.0. The number of benzene rings is 1. The van der Waals surface area contributed by atoms with E-state index in [0.717, 1.165) is 11.8 Å². The van der Waals surface area contributed by atoms with Crippen molar-refractivity contribution >= 4 is 23.4 Å². The van der Waals surface area contributed by atoms with Gasteiger partial charge in [-0.2, -0.15) is 4.98 Å². The number of ether oxygens (including phenoxy) is 1. The van der Waals surface area contributed by atoms with Crippen LogP contribution in [0.4, 0.5) is 5.69 Å². The van der Waals surface area contributed by atoms with Gasteiger partial charge in [-0.25, -0.2) is 0 Å². The Morgan fingerprint density at radius 2 is 2.16 bits per heavy atom. The predicted octanol–water partition coefficient (Wildman–Crippen LogP) is 2.73. The Labute approximate surface area is 149 Å². The lowest BCUT2D eigenvalue weighted by molar-refractivity contribution is -0.113. The largest absolute Gasteiger partial charge is 0.495 e. The van der Waals surface area contributed by atoms with Crippen LogP contribution < -0.4 is 15.6 Å². The van der Waals surface area contributed by atoms with Crippen LogP contribution >= 0.6 is 11.8 Å². The lowest BCUT2D eigenvalue weighted by Gasteiger charge is -2.11. The Bertz CT molecular complexity index is 807. The van der Waals surface area contributed by atoms with Crippen LogP contribution in [0, 0.1) is 0 Å². The highest BCUT2D eigenvalue weighted by molar-refractivity contribution is 7.99. The maximum Gasteiger partial charge on any atom is 0.258 e. The van der Waals surface area contributed by atoms with Gasteiger partial charge in [-0.1, -0.05) is 37.7 Å². The molecule has 0 fully saturated rings. The van der Waals surface area contributed by atoms with Crippen LogP contribution in [-0.4, -0.2) is 33.8 Å². The Morgan fingerprint density at radius 3 is 2.80 bits per heavy atom. The van der Waals surface area contributed by atoms with E-state index in [4.69, 9.17) is 4.74 Å². The molecule has 7 nitrogen and oxygen atoms in total. The Hall–Kier alpha value is -2.48. The number of carbonyl (C=O) groups is 1. The molecule has 0 aliphatic rings. The first kappa shape index (κ1) is 18.9. The van der Waals surface area contributed by atoms with Crippen LogP contribution in [0.15, 0.2) is 34.2 Å². The Morgan fingerprint density at radius 1 is 1.44 bits per heavy atom. The molecule has 0 bridgehead atoms. The zero-order valence-corrected chi connectivity index (χ0v) is 15.1. The highest BCUT2D eigenvalue weighted by atomic mass is 32.2. The number of amides is 1. The second kappa shape index (κ2) is 8.57. The van der Waals surface area contributed by atoms with Crippen molar-refractivity contribution in [2.45, 2.75) is 31.3 Å². The predicted molar refractivity (Wildman–Crippen MR) is 97.6 cm³/mol. The maximum atomic E-state index is 12.1. The van der Waals surface area contributed by atoms with Crippen LogP contribution in [-0.2, 0) is 4.79 Å². The third-order valence-electron chi connectivity index (χ3n) is 3.74. The van der Waals surface area contributed by atoms with E-state index in [0.29, 0.717) is 17.9 Å². The fourth-order valence-corrected chi connectivity index (χ4v) is 2.89. The van der Waals surface area contributed by atoms with Gasteiger partial charge in [0.15, 0.2) is 5.16 Å². The topological polar surface area (TPSA) is 104 Å². The molecule has 25 heavy (non-hydrogen) atoms. The Kier molecular flexibility index (Phi) is 6.46. The van der Waals surface area contributed by atoms with Crippen molar-refractivity contribution in [3.63, 3.8) is 0 Å². The van der Waals surface area contributed by atoms with Gasteiger partial charge in [0.1, 0.15) is 5.75 Å². The van der Waals surface area contributed by atoms with E-state index in [1.807, 2.05) is 13.8 Å². The molecule has 1 amide bonds. The summed E-state index contributed by atoms with van der Waals surface area (Å²) in [6, 6.07) is 7.07. The number of nitrogens with one attached hydrogen (secondary N) is 2. The monoisotopic (exact) mass is 363 g/mol. The molecule has 0 radical (unpaired) electrons. The SMILES string of the molecule is CCC(C)c1c(O)nc(SCC(=O)Nc2ccccc2OC)[nH]c1=O. The van der Waals surface area contributed by atoms with Crippen molar-refractivity contribution in [3.8, 4) is 11.6 Å². The summed E-state index contributed by atoms with van der Waals surface area (Å²) in [5.41, 5.74) is 0.451. The molecule has 0 saturated heterocycles. The number of methoxy groups -OCH3 is 1. The highest BCUT2D eigenvalue weighted by Gasteiger charge is 2.17. The average molecular weight is 363 g/mol. The van der Waals surface area contributed by atoms with Crippen molar-refractivity contribution in [1.82, 2.24) is 9.97 Å². The number of H-pyrrole nitrogens is 1. The molecule has 1 heterocycles. The molecular formula is C17H21N3O4S.